The third-order valence-electron chi connectivity index (χ3n) is 0.833. The molecule has 0 aromatic rings. The van der Waals surface area contributed by atoms with Crippen molar-refractivity contribution in [3.63, 3.8) is 0 Å². The van der Waals surface area contributed by atoms with E-state index in [9.17, 15) is 0 Å². The molecule has 0 fully saturated rings. The van der Waals surface area contributed by atoms with Crippen LogP contribution in [-0.4, -0.2) is 39.0 Å². The zero-order valence-electron chi connectivity index (χ0n) is 5.01. The Morgan fingerprint density at radius 2 is 1.50 bits per heavy atom. The van der Waals surface area contributed by atoms with Crippen LogP contribution in [0.2, 0.25) is 0 Å². The molecule has 4 N–H and O–H groups in total. The lowest BCUT2D eigenvalue weighted by Gasteiger charge is -2.13. The van der Waals surface area contributed by atoms with Crippen LogP contribution in [0.5, 0.6) is 0 Å². The van der Waals surface area contributed by atoms with Gasteiger partial charge in [-0.25, -0.2) is 0 Å². The Labute approximate surface area is 51.4 Å². The summed E-state index contributed by atoms with van der Waals surface area (Å²) in [6, 6.07) is 0. The Bertz CT molecular complexity index is 44.5. The molecule has 0 amide bonds. The van der Waals surface area contributed by atoms with E-state index >= 15 is 0 Å². The van der Waals surface area contributed by atoms with Crippen LogP contribution < -0.4 is 11.5 Å². The molecular formula is C4H12BN3. The second-order valence-electron chi connectivity index (χ2n) is 1.61. The van der Waals surface area contributed by atoms with Crippen molar-refractivity contribution >= 4 is 7.98 Å². The van der Waals surface area contributed by atoms with Crippen LogP contribution in [-0.2, 0) is 0 Å². The average Bonchev–Trinajstić information content (AvgIpc) is 1.68. The molecule has 0 saturated carbocycles. The van der Waals surface area contributed by atoms with E-state index in [2.05, 4.69) is 0 Å². The fourth-order valence-electron chi connectivity index (χ4n) is 0.443. The number of nitrogens with two attached hydrogens (primary N) is 2. The molecule has 0 saturated heterocycles. The molecule has 3 nitrogen and oxygen atoms in total. The molecule has 0 aliphatic carbocycles. The van der Waals surface area contributed by atoms with Crippen LogP contribution in [0, 0.1) is 0 Å². The van der Waals surface area contributed by atoms with Crippen LogP contribution in [0.1, 0.15) is 0 Å². The first-order chi connectivity index (χ1) is 3.81. The van der Waals surface area contributed by atoms with Gasteiger partial charge < -0.3 is 16.3 Å². The fraction of sp³-hybridized carbons (Fsp3) is 1.00. The van der Waals surface area contributed by atoms with E-state index in [1.165, 1.54) is 0 Å². The van der Waals surface area contributed by atoms with Crippen LogP contribution in [0.25, 0.3) is 0 Å². The molecule has 0 spiro atoms. The second-order valence-corrected chi connectivity index (χ2v) is 1.61. The van der Waals surface area contributed by atoms with Gasteiger partial charge in [-0.15, -0.1) is 0 Å². The minimum atomic E-state index is 0.594. The Morgan fingerprint density at radius 3 is 1.75 bits per heavy atom. The molecule has 2 radical (unpaired) electrons. The van der Waals surface area contributed by atoms with Gasteiger partial charge in [0.15, 0.2) is 7.98 Å². The lowest BCUT2D eigenvalue weighted by atomic mass is 10.3. The van der Waals surface area contributed by atoms with Crippen molar-refractivity contribution in [1.29, 1.82) is 0 Å². The van der Waals surface area contributed by atoms with Crippen molar-refractivity contribution in [1.82, 2.24) is 4.81 Å². The van der Waals surface area contributed by atoms with Crippen molar-refractivity contribution in [2.45, 2.75) is 0 Å². The van der Waals surface area contributed by atoms with E-state index in [0.717, 1.165) is 13.1 Å². The smallest absolute Gasteiger partial charge is 0.182 e. The van der Waals surface area contributed by atoms with Gasteiger partial charge in [0, 0.05) is 13.1 Å². The predicted molar refractivity (Wildman–Crippen MR) is 35.4 cm³/mol. The molecule has 0 aromatic carbocycles. The highest BCUT2D eigenvalue weighted by Gasteiger charge is 1.90. The highest BCUT2D eigenvalue weighted by molar-refractivity contribution is 6.04. The largest absolute Gasteiger partial charge is 0.351 e. The Morgan fingerprint density at radius 1 is 1.12 bits per heavy atom. The van der Waals surface area contributed by atoms with Gasteiger partial charge in [-0.1, -0.05) is 0 Å². The summed E-state index contributed by atoms with van der Waals surface area (Å²) in [5.74, 6) is 0. The third kappa shape index (κ3) is 4.11. The van der Waals surface area contributed by atoms with E-state index in [1.807, 2.05) is 0 Å². The van der Waals surface area contributed by atoms with Crippen LogP contribution in [0.15, 0.2) is 0 Å². The Balaban J connectivity index is 2.92. The van der Waals surface area contributed by atoms with Gasteiger partial charge in [0.05, 0.1) is 0 Å². The zero-order valence-corrected chi connectivity index (χ0v) is 5.01. The van der Waals surface area contributed by atoms with Gasteiger partial charge in [0.2, 0.25) is 0 Å². The van der Waals surface area contributed by atoms with Gasteiger partial charge in [-0.2, -0.15) is 0 Å². The van der Waals surface area contributed by atoms with Crippen molar-refractivity contribution in [3.05, 3.63) is 0 Å². The monoisotopic (exact) mass is 113 g/mol. The first-order valence-electron chi connectivity index (χ1n) is 2.71. The van der Waals surface area contributed by atoms with Crippen LogP contribution in [0.3, 0.4) is 0 Å². The molecule has 0 unspecified atom stereocenters. The molecule has 46 valence electrons. The quantitative estimate of drug-likeness (QED) is 0.427. The van der Waals surface area contributed by atoms with Crippen molar-refractivity contribution in [2.24, 2.45) is 11.5 Å². The van der Waals surface area contributed by atoms with Crippen LogP contribution >= 0.6 is 0 Å². The van der Waals surface area contributed by atoms with Crippen LogP contribution in [0.4, 0.5) is 0 Å². The summed E-state index contributed by atoms with van der Waals surface area (Å²) in [5, 5.41) is 0. The zero-order chi connectivity index (χ0) is 6.41. The van der Waals surface area contributed by atoms with E-state index in [1.54, 1.807) is 4.81 Å². The fourth-order valence-corrected chi connectivity index (χ4v) is 0.443. The molecule has 8 heavy (non-hydrogen) atoms. The summed E-state index contributed by atoms with van der Waals surface area (Å²) in [5.41, 5.74) is 10.4. The minimum absolute atomic E-state index is 0.594. The standard InChI is InChI=1S/C4H12BN3/c5-8(3-1-6)4-2-7/h1-4,6-7H2. The van der Waals surface area contributed by atoms with E-state index in [4.69, 9.17) is 19.4 Å². The van der Waals surface area contributed by atoms with Crippen molar-refractivity contribution in [3.8, 4) is 0 Å². The Kier molecular flexibility index (Phi) is 5.05. The maximum absolute atomic E-state index is 5.37. The van der Waals surface area contributed by atoms with Gasteiger partial charge in [-0.3, -0.25) is 0 Å². The van der Waals surface area contributed by atoms with Gasteiger partial charge in [-0.05, 0) is 13.1 Å². The number of rotatable bonds is 4. The normalized spacial score (nSPS) is 10.4. The molecule has 0 heterocycles. The number of hydrogen-bond donors (Lipinski definition) is 2. The third-order valence-corrected chi connectivity index (χ3v) is 0.833. The van der Waals surface area contributed by atoms with Gasteiger partial charge >= 0.3 is 0 Å². The molecular weight excluding hydrogens is 101 g/mol. The summed E-state index contributed by atoms with van der Waals surface area (Å²) in [6.07, 6.45) is 0. The van der Waals surface area contributed by atoms with E-state index < -0.39 is 0 Å². The summed E-state index contributed by atoms with van der Waals surface area (Å²) in [6.45, 7) is 2.63. The van der Waals surface area contributed by atoms with Crippen molar-refractivity contribution < 1.29 is 0 Å². The molecule has 4 heteroatoms. The molecule has 0 bridgehead atoms. The summed E-state index contributed by atoms with van der Waals surface area (Å²) >= 11 is 0. The average molecular weight is 113 g/mol. The molecule has 0 rings (SSSR count). The molecule has 0 aromatic heterocycles. The summed E-state index contributed by atoms with van der Waals surface area (Å²) in [4.78, 5) is 1.61. The van der Waals surface area contributed by atoms with Crippen molar-refractivity contribution in [2.75, 3.05) is 26.2 Å². The maximum Gasteiger partial charge on any atom is 0.182 e. The lowest BCUT2D eigenvalue weighted by Crippen LogP contribution is -2.31. The first-order valence-corrected chi connectivity index (χ1v) is 2.71. The molecule has 0 aliphatic heterocycles. The predicted octanol–water partition coefficient (Wildman–Crippen LogP) is -1.71. The molecule has 0 aliphatic rings. The topological polar surface area (TPSA) is 55.3 Å². The maximum atomic E-state index is 5.37. The Hall–Kier alpha value is -0.0551. The summed E-state index contributed by atoms with van der Waals surface area (Å²) in [7, 11) is 5.37. The minimum Gasteiger partial charge on any atom is -0.351 e. The van der Waals surface area contributed by atoms with E-state index in [-0.39, 0.29) is 0 Å². The van der Waals surface area contributed by atoms with Gasteiger partial charge in [0.1, 0.15) is 0 Å². The summed E-state index contributed by atoms with van der Waals surface area (Å²) < 4.78 is 0. The molecule has 0 atom stereocenters. The number of hydrogen-bond acceptors (Lipinski definition) is 3. The van der Waals surface area contributed by atoms with Gasteiger partial charge in [0.25, 0.3) is 0 Å². The SMILES string of the molecule is [B]N(CCN)CCN. The highest BCUT2D eigenvalue weighted by Crippen LogP contribution is 1.72. The second kappa shape index (κ2) is 5.09. The van der Waals surface area contributed by atoms with E-state index in [0.29, 0.717) is 13.1 Å². The first kappa shape index (κ1) is 7.94. The number of nitrogens with zero attached hydrogens (tertiary/aromatic N) is 1. The highest BCUT2D eigenvalue weighted by atomic mass is 15.0. The lowest BCUT2D eigenvalue weighted by molar-refractivity contribution is 0.474.